The second-order valence-corrected chi connectivity index (χ2v) is 16.8. The number of carbonyl (C=O) groups is 3. The average Bonchev–Trinajstić information content (AvgIpc) is 3.48. The van der Waals surface area contributed by atoms with E-state index in [9.17, 15) is 19.5 Å². The number of amides is 3. The van der Waals surface area contributed by atoms with E-state index in [0.29, 0.717) is 41.3 Å². The molecule has 3 amide bonds. The van der Waals surface area contributed by atoms with Crippen molar-refractivity contribution in [3.8, 4) is 5.75 Å². The highest BCUT2D eigenvalue weighted by Gasteiger charge is 2.65. The number of halogens is 1. The van der Waals surface area contributed by atoms with Crippen molar-refractivity contribution in [2.75, 3.05) is 23.4 Å². The van der Waals surface area contributed by atoms with Crippen LogP contribution in [0.15, 0.2) is 66.7 Å². The maximum atomic E-state index is 16.2. The van der Waals surface area contributed by atoms with E-state index >= 15 is 4.11 Å². The van der Waals surface area contributed by atoms with Gasteiger partial charge in [0.2, 0.25) is 14.3 Å². The van der Waals surface area contributed by atoms with Crippen LogP contribution in [0, 0.1) is 5.92 Å². The standard InChI is InChI=1S/C34H36FN3O6Si/c1-20-32(45(2,3)35)29(16-30(40)37-17-22-9-5-4-8-21(22)14-24(37)18-39)44-34(20)25-15-23(12-13-26(25)36-33(34)42)38-27-10-6-7-11-28(27)43-19-31(38)41/h4-13,15,20,24,29,32,39H,14,16-19H2,1-3H3,(H,36,42)/t20-,24-,29+,32-,34+/m0/s1. The van der Waals surface area contributed by atoms with Crippen molar-refractivity contribution in [1.29, 1.82) is 0 Å². The Labute approximate surface area is 262 Å². The first-order chi connectivity index (χ1) is 21.5. The number of ether oxygens (including phenoxy) is 2. The summed E-state index contributed by atoms with van der Waals surface area (Å²) in [4.78, 5) is 44.2. The van der Waals surface area contributed by atoms with Crippen LogP contribution in [0.5, 0.6) is 5.75 Å². The molecule has 4 aliphatic heterocycles. The predicted octanol–water partition coefficient (Wildman–Crippen LogP) is 4.81. The molecule has 0 aliphatic carbocycles. The van der Waals surface area contributed by atoms with Gasteiger partial charge in [0.1, 0.15) is 5.75 Å². The number of nitrogens with one attached hydrogen (secondary N) is 1. The molecule has 1 saturated heterocycles. The third-order valence-corrected chi connectivity index (χ3v) is 12.4. The third kappa shape index (κ3) is 4.67. The molecule has 0 radical (unpaired) electrons. The van der Waals surface area contributed by atoms with Crippen molar-refractivity contribution in [3.63, 3.8) is 0 Å². The summed E-state index contributed by atoms with van der Waals surface area (Å²) in [5.74, 6) is -0.946. The summed E-state index contributed by atoms with van der Waals surface area (Å²) in [7, 11) is -3.50. The first-order valence-electron chi connectivity index (χ1n) is 15.4. The molecule has 3 aromatic carbocycles. The van der Waals surface area contributed by atoms with Crippen LogP contribution in [0.2, 0.25) is 18.6 Å². The molecule has 9 nitrogen and oxygen atoms in total. The Bertz CT molecular complexity index is 1710. The highest BCUT2D eigenvalue weighted by atomic mass is 28.4. The largest absolute Gasteiger partial charge is 0.482 e. The van der Waals surface area contributed by atoms with Gasteiger partial charge in [0.05, 0.1) is 30.9 Å². The molecule has 2 N–H and O–H groups in total. The fourth-order valence-electron chi connectivity index (χ4n) is 7.91. The number of hydrogen-bond donors (Lipinski definition) is 2. The molecule has 5 atom stereocenters. The Kier molecular flexibility index (Phi) is 7.10. The van der Waals surface area contributed by atoms with Crippen molar-refractivity contribution in [1.82, 2.24) is 4.90 Å². The van der Waals surface area contributed by atoms with Gasteiger partial charge in [-0.15, -0.1) is 0 Å². The van der Waals surface area contributed by atoms with Gasteiger partial charge in [-0.3, -0.25) is 19.3 Å². The second kappa shape index (κ2) is 10.8. The third-order valence-electron chi connectivity index (χ3n) is 9.93. The highest BCUT2D eigenvalue weighted by molar-refractivity contribution is 6.72. The minimum atomic E-state index is -3.50. The molecule has 234 valence electrons. The predicted molar refractivity (Wildman–Crippen MR) is 168 cm³/mol. The number of benzene rings is 3. The van der Waals surface area contributed by atoms with Gasteiger partial charge in [-0.25, -0.2) is 0 Å². The van der Waals surface area contributed by atoms with E-state index in [1.54, 1.807) is 53.2 Å². The highest BCUT2D eigenvalue weighted by Crippen LogP contribution is 2.59. The fourth-order valence-corrected chi connectivity index (χ4v) is 10.4. The summed E-state index contributed by atoms with van der Waals surface area (Å²) < 4.78 is 28.6. The first kappa shape index (κ1) is 29.6. The van der Waals surface area contributed by atoms with Crippen LogP contribution < -0.4 is 15.0 Å². The molecule has 45 heavy (non-hydrogen) atoms. The van der Waals surface area contributed by atoms with Gasteiger partial charge < -0.3 is 28.9 Å². The lowest BCUT2D eigenvalue weighted by atomic mass is 9.82. The molecule has 0 saturated carbocycles. The minimum Gasteiger partial charge on any atom is -0.482 e. The van der Waals surface area contributed by atoms with Crippen LogP contribution in [-0.2, 0) is 37.7 Å². The Hall–Kier alpha value is -4.06. The van der Waals surface area contributed by atoms with Crippen molar-refractivity contribution in [2.45, 2.75) is 62.7 Å². The first-order valence-corrected chi connectivity index (χ1v) is 18.3. The van der Waals surface area contributed by atoms with Crippen molar-refractivity contribution in [2.24, 2.45) is 5.92 Å². The number of hydrogen-bond acceptors (Lipinski definition) is 6. The molecule has 11 heteroatoms. The number of fused-ring (bicyclic) bond motifs is 4. The second-order valence-electron chi connectivity index (χ2n) is 13.0. The quantitative estimate of drug-likeness (QED) is 0.310. The van der Waals surface area contributed by atoms with Gasteiger partial charge in [-0.2, -0.15) is 0 Å². The molecule has 0 unspecified atom stereocenters. The lowest BCUT2D eigenvalue weighted by Gasteiger charge is -2.37. The van der Waals surface area contributed by atoms with E-state index < -0.39 is 43.5 Å². The van der Waals surface area contributed by atoms with E-state index in [4.69, 9.17) is 9.47 Å². The van der Waals surface area contributed by atoms with Gasteiger partial charge in [-0.05, 0) is 61.0 Å². The number of carbonyl (C=O) groups excluding carboxylic acids is 3. The zero-order chi connectivity index (χ0) is 31.7. The number of anilines is 3. The molecule has 3 aromatic rings. The lowest BCUT2D eigenvalue weighted by molar-refractivity contribution is -0.149. The maximum absolute atomic E-state index is 16.2. The normalized spacial score (nSPS) is 27.1. The van der Waals surface area contributed by atoms with Gasteiger partial charge in [0.15, 0.2) is 12.2 Å². The summed E-state index contributed by atoms with van der Waals surface area (Å²) in [5.41, 5.74) is 2.06. The van der Waals surface area contributed by atoms with E-state index in [0.717, 1.165) is 11.1 Å². The van der Waals surface area contributed by atoms with Gasteiger partial charge in [0, 0.05) is 34.9 Å². The van der Waals surface area contributed by atoms with Crippen LogP contribution in [0.25, 0.3) is 0 Å². The van der Waals surface area contributed by atoms with Crippen molar-refractivity contribution < 1.29 is 33.1 Å². The van der Waals surface area contributed by atoms with Crippen molar-refractivity contribution >= 4 is 43.2 Å². The number of aliphatic hydroxyl groups is 1. The molecule has 0 bridgehead atoms. The topological polar surface area (TPSA) is 108 Å². The Morgan fingerprint density at radius 2 is 1.82 bits per heavy atom. The van der Waals surface area contributed by atoms with E-state index in [1.807, 2.05) is 43.3 Å². The number of para-hydroxylation sites is 2. The van der Waals surface area contributed by atoms with Crippen LogP contribution >= 0.6 is 0 Å². The molecule has 4 heterocycles. The smallest absolute Gasteiger partial charge is 0.269 e. The SMILES string of the molecule is C[C@H]1[C@H]([Si](C)(C)F)[C@@H](CC(=O)N2Cc3ccccc3C[C@H]2CO)O[C@]12C(=O)Nc1ccc(N3C(=O)COc4ccccc43)cc12. The molecular formula is C34H36FN3O6Si. The van der Waals surface area contributed by atoms with E-state index in [-0.39, 0.29) is 31.4 Å². The van der Waals surface area contributed by atoms with Crippen LogP contribution in [0.1, 0.15) is 30.0 Å². The van der Waals surface area contributed by atoms with E-state index in [2.05, 4.69) is 5.32 Å². The lowest BCUT2D eigenvalue weighted by Crippen LogP contribution is -2.48. The molecule has 1 fully saturated rings. The summed E-state index contributed by atoms with van der Waals surface area (Å²) in [5, 5.41) is 13.1. The molecule has 4 aliphatic rings. The molecule has 0 aromatic heterocycles. The van der Waals surface area contributed by atoms with Gasteiger partial charge in [-0.1, -0.05) is 43.3 Å². The summed E-state index contributed by atoms with van der Waals surface area (Å²) in [6.07, 6.45) is -0.450. The number of rotatable bonds is 5. The van der Waals surface area contributed by atoms with Gasteiger partial charge in [0.25, 0.3) is 11.8 Å². The number of nitrogens with zero attached hydrogens (tertiary/aromatic N) is 2. The fraction of sp³-hybridized carbons (Fsp3) is 0.382. The molecule has 7 rings (SSSR count). The minimum absolute atomic E-state index is 0.118. The van der Waals surface area contributed by atoms with Crippen LogP contribution in [0.3, 0.4) is 0 Å². The average molecular weight is 630 g/mol. The van der Waals surface area contributed by atoms with Crippen LogP contribution in [0.4, 0.5) is 21.2 Å². The monoisotopic (exact) mass is 629 g/mol. The Morgan fingerprint density at radius 3 is 2.58 bits per heavy atom. The van der Waals surface area contributed by atoms with Gasteiger partial charge >= 0.3 is 0 Å². The van der Waals surface area contributed by atoms with Crippen molar-refractivity contribution in [3.05, 3.63) is 83.4 Å². The molecular weight excluding hydrogens is 593 g/mol. The summed E-state index contributed by atoms with van der Waals surface area (Å²) in [6.45, 7) is 5.03. The summed E-state index contributed by atoms with van der Waals surface area (Å²) in [6, 6.07) is 19.9. The maximum Gasteiger partial charge on any atom is 0.269 e. The Balaban J connectivity index is 1.24. The van der Waals surface area contributed by atoms with Crippen LogP contribution in [-0.4, -0.2) is 61.5 Å². The van der Waals surface area contributed by atoms with E-state index in [1.165, 1.54) is 0 Å². The zero-order valence-corrected chi connectivity index (χ0v) is 26.5. The Morgan fingerprint density at radius 1 is 1.09 bits per heavy atom. The zero-order valence-electron chi connectivity index (χ0n) is 25.5. The molecule has 1 spiro atoms. The number of aliphatic hydroxyl groups excluding tert-OH is 1. The summed E-state index contributed by atoms with van der Waals surface area (Å²) >= 11 is 0.